The van der Waals surface area contributed by atoms with E-state index in [0.29, 0.717) is 0 Å². The summed E-state index contributed by atoms with van der Waals surface area (Å²) in [6.07, 6.45) is -9.03. The van der Waals surface area contributed by atoms with Gasteiger partial charge in [-0.15, -0.1) is 0 Å². The molecule has 16 aromatic carbocycles. The lowest BCUT2D eigenvalue weighted by molar-refractivity contribution is -0.0155. The van der Waals surface area contributed by atoms with E-state index in [1.807, 2.05) is 255 Å². The maximum absolute atomic E-state index is 15.5. The lowest BCUT2D eigenvalue weighted by Gasteiger charge is -2.16. The van der Waals surface area contributed by atoms with Crippen molar-refractivity contribution in [2.45, 2.75) is 82.7 Å². The quantitative estimate of drug-likeness (QED) is 0.00997. The maximum Gasteiger partial charge on any atom is 0.338 e. The highest BCUT2D eigenvalue weighted by Crippen LogP contribution is 2.30. The van der Waals surface area contributed by atoms with E-state index < -0.39 is 153 Å². The van der Waals surface area contributed by atoms with Crippen molar-refractivity contribution in [3.63, 3.8) is 0 Å². The number of aliphatic hydroxyl groups is 6. The first-order chi connectivity index (χ1) is 71.4. The van der Waals surface area contributed by atoms with Gasteiger partial charge in [-0.2, -0.15) is 0 Å². The molecule has 147 heavy (non-hydrogen) atoms. The average molecular weight is 1980 g/mol. The van der Waals surface area contributed by atoms with Crippen molar-refractivity contribution < 1.29 is 131 Å². The Morgan fingerprint density at radius 2 is 0.435 bits per heavy atom. The molecule has 0 saturated carbocycles. The minimum Gasteiger partial charge on any atom is -0.459 e. The molecule has 8 N–H and O–H groups in total. The molecule has 2 amide bonds. The zero-order valence-corrected chi connectivity index (χ0v) is 79.8. The first-order valence-electron chi connectivity index (χ1n) is 47.6. The number of rotatable bonds is 49. The molecule has 16 aromatic rings. The zero-order valence-electron chi connectivity index (χ0n) is 79.8. The van der Waals surface area contributed by atoms with Gasteiger partial charge in [0.1, 0.15) is 76.3 Å². The summed E-state index contributed by atoms with van der Waals surface area (Å²) in [5.41, 5.74) is 0.596. The molecule has 0 aliphatic heterocycles. The van der Waals surface area contributed by atoms with Gasteiger partial charge in [0.15, 0.2) is 5.78 Å². The molecule has 16 rings (SSSR count). The number of ketones is 1. The summed E-state index contributed by atoms with van der Waals surface area (Å²) in [6.45, 7) is -4.96. The molecule has 0 heterocycles. The fourth-order valence-corrected chi connectivity index (χ4v) is 16.5. The van der Waals surface area contributed by atoms with Gasteiger partial charge in [0.05, 0.1) is 113 Å². The predicted octanol–water partition coefficient (Wildman–Crippen LogP) is 16.9. The summed E-state index contributed by atoms with van der Waals surface area (Å²) in [4.78, 5) is 132. The Bertz CT molecular complexity index is 6750. The molecule has 0 aromatic heterocycles. The van der Waals surface area contributed by atoms with E-state index in [4.69, 9.17) is 56.8 Å². The molecule has 750 valence electrons. The monoisotopic (exact) mass is 1980 g/mol. The van der Waals surface area contributed by atoms with Crippen LogP contribution < -0.4 is 10.6 Å². The summed E-state index contributed by atoms with van der Waals surface area (Å²) in [5, 5.41) is 83.8. The number of anilines is 2. The van der Waals surface area contributed by atoms with Crippen molar-refractivity contribution in [1.29, 1.82) is 0 Å². The van der Waals surface area contributed by atoms with Gasteiger partial charge in [0.25, 0.3) is 11.8 Å². The molecule has 0 saturated heterocycles. The van der Waals surface area contributed by atoms with Gasteiger partial charge >= 0.3 is 35.8 Å². The Kier molecular flexibility index (Phi) is 36.0. The number of esters is 6. The molecule has 0 fully saturated rings. The number of hydrogen-bond acceptors (Lipinski definition) is 27. The molecule has 0 radical (unpaired) electrons. The zero-order chi connectivity index (χ0) is 102. The molecule has 0 spiro atoms. The van der Waals surface area contributed by atoms with Crippen molar-refractivity contribution in [2.24, 2.45) is 0 Å². The van der Waals surface area contributed by atoms with Gasteiger partial charge in [-0.05, 0) is 201 Å². The highest BCUT2D eigenvalue weighted by atomic mass is 16.6. The van der Waals surface area contributed by atoms with E-state index in [-0.39, 0.29) is 130 Å². The minimum absolute atomic E-state index is 0.0731. The van der Waals surface area contributed by atoms with Crippen LogP contribution in [0.25, 0.3) is 64.6 Å². The molecule has 29 heteroatoms. The molecule has 0 aliphatic carbocycles. The first kappa shape index (κ1) is 104. The van der Waals surface area contributed by atoms with Crippen molar-refractivity contribution >= 4 is 129 Å². The number of Topliss-reactive ketones (excluding diaryl/α,β-unsaturated/α-hetero) is 1. The van der Waals surface area contributed by atoms with Crippen molar-refractivity contribution in [3.05, 3.63) is 417 Å². The summed E-state index contributed by atoms with van der Waals surface area (Å²) >= 11 is 0. The predicted molar refractivity (Wildman–Crippen MR) is 549 cm³/mol. The van der Waals surface area contributed by atoms with E-state index in [2.05, 4.69) is 10.6 Å². The lowest BCUT2D eigenvalue weighted by Crippen LogP contribution is -2.25. The Morgan fingerprint density at radius 3 is 0.721 bits per heavy atom. The molecule has 6 atom stereocenters. The Balaban J connectivity index is 0.686. The largest absolute Gasteiger partial charge is 0.459 e. The number of benzene rings is 16. The van der Waals surface area contributed by atoms with Crippen LogP contribution in [-0.2, 0) is 103 Å². The Morgan fingerprint density at radius 1 is 0.204 bits per heavy atom. The second-order valence-electron chi connectivity index (χ2n) is 35.4. The van der Waals surface area contributed by atoms with Crippen molar-refractivity contribution in [1.82, 2.24) is 0 Å². The van der Waals surface area contributed by atoms with Crippen molar-refractivity contribution in [2.75, 3.05) is 89.9 Å². The van der Waals surface area contributed by atoms with Crippen LogP contribution in [0.15, 0.2) is 328 Å². The van der Waals surface area contributed by atoms with Crippen LogP contribution in [0.4, 0.5) is 11.4 Å². The maximum atomic E-state index is 15.5. The molecular formula is C118H106N2O27. The van der Waals surface area contributed by atoms with Gasteiger partial charge in [-0.1, -0.05) is 231 Å². The second kappa shape index (κ2) is 51.0. The molecule has 0 bridgehead atoms. The highest BCUT2D eigenvalue weighted by molar-refractivity contribution is 6.13. The number of fused-ring (bicyclic) bond motifs is 6. The Labute approximate surface area is 844 Å². The number of ether oxygens (including phenoxy) is 12. The van der Waals surface area contributed by atoms with Crippen LogP contribution in [0.1, 0.15) is 132 Å². The number of carbonyl (C=O) groups is 9. The topological polar surface area (TPSA) is 410 Å². The van der Waals surface area contributed by atoms with Crippen LogP contribution in [0.3, 0.4) is 0 Å². The number of nitrogens with one attached hydrogen (secondary N) is 2. The molecular weight excluding hydrogens is 1880 g/mol. The molecule has 6 unspecified atom stereocenters. The van der Waals surface area contributed by atoms with Gasteiger partial charge in [0.2, 0.25) is 0 Å². The van der Waals surface area contributed by atoms with E-state index in [1.54, 1.807) is 0 Å². The SMILES string of the molecule is O=C(Cc1cc(C(=O)OCC(O)COCc2ccc3ccccc3c2)cc(C(=O)OCC(O)COCc2ccc3ccccc3c2)c1)c1cc(C(=O)Nc2cc(C(=O)OCC(O)COCc3ccc4ccccc4c3)cc(C(=O)OCC(O)COCc3ccc4ccccc4c3)c2)cc(C(=O)Nc2cc(C(=O)OCC(O)COCc3cccc4ccccc34)cc(C(=O)OCC(O)COCc3cccc4ccccc34)c2)c1. The number of carbonyl (C=O) groups excluding carboxylic acids is 9. The van der Waals surface area contributed by atoms with Crippen LogP contribution in [-0.4, -0.2) is 200 Å². The lowest BCUT2D eigenvalue weighted by atomic mass is 9.96. The number of amides is 2. The second-order valence-corrected chi connectivity index (χ2v) is 35.4. The molecule has 29 nitrogen and oxygen atoms in total. The smallest absolute Gasteiger partial charge is 0.338 e. The number of hydrogen-bond donors (Lipinski definition) is 8. The minimum atomic E-state index is -1.39. The fourth-order valence-electron chi connectivity index (χ4n) is 16.5. The van der Waals surface area contributed by atoms with Crippen LogP contribution in [0.2, 0.25) is 0 Å². The summed E-state index contributed by atoms with van der Waals surface area (Å²) < 4.78 is 68.7. The summed E-state index contributed by atoms with van der Waals surface area (Å²) in [6, 6.07) is 93.9. The fraction of sp³-hybridized carbons (Fsp3) is 0.212. The normalized spacial score (nSPS) is 12.6. The standard InChI is InChI=1S/C118H106N2O27/c121-102(62-136-56-74-31-35-79-15-1-5-21-85(79)39-74)68-142-113(130)94-43-78(44-95(49-94)114(131)143-69-103(122)63-137-57-75-32-36-80-16-2-6-22-86(80)40-75)45-110(127)91-46-92(111(128)119-100-52-96(115(132)144-70-104(123)64-138-58-76-33-37-81-17-3-7-23-87(81)41-76)50-97(53-100)116(133)145-71-105(124)65-139-59-77-34-38-82-18-4-8-24-88(82)42-77)48-93(47-91)112(129)120-101-54-98(117(134)146-72-106(125)66-140-60-89-27-13-25-83-19-9-11-29-108(83)89)51-99(55-101)118(135)147-73-107(126)67-141-61-90-28-14-26-84-20-10-12-30-109(84)90/h1-44,46-55,102-107,121-126H,45,56-73H2,(H,119,128)(H,120,129). The third kappa shape index (κ3) is 29.7. The van der Waals surface area contributed by atoms with Crippen LogP contribution in [0.5, 0.6) is 0 Å². The van der Waals surface area contributed by atoms with E-state index in [9.17, 15) is 59.4 Å². The third-order valence-corrected chi connectivity index (χ3v) is 23.8. The van der Waals surface area contributed by atoms with Gasteiger partial charge in [-0.25, -0.2) is 28.8 Å². The Hall–Kier alpha value is -16.0. The van der Waals surface area contributed by atoms with Gasteiger partial charge in [0, 0.05) is 34.5 Å². The van der Waals surface area contributed by atoms with Crippen molar-refractivity contribution in [3.8, 4) is 0 Å². The molecule has 0 aliphatic rings. The van der Waals surface area contributed by atoms with Crippen LogP contribution in [0, 0.1) is 0 Å². The first-order valence-corrected chi connectivity index (χ1v) is 47.6. The van der Waals surface area contributed by atoms with E-state index >= 15 is 14.4 Å². The average Bonchev–Trinajstić information content (AvgIpc) is 0.794. The van der Waals surface area contributed by atoms with Gasteiger partial charge in [-0.3, -0.25) is 14.4 Å². The third-order valence-electron chi connectivity index (χ3n) is 23.8. The van der Waals surface area contributed by atoms with E-state index in [1.165, 1.54) is 12.1 Å². The van der Waals surface area contributed by atoms with Crippen LogP contribution >= 0.6 is 0 Å². The highest BCUT2D eigenvalue weighted by Gasteiger charge is 2.28. The summed E-state index contributed by atoms with van der Waals surface area (Å²) in [7, 11) is 0. The van der Waals surface area contributed by atoms with Gasteiger partial charge < -0.3 is 98.1 Å². The van der Waals surface area contributed by atoms with E-state index in [0.717, 1.165) is 159 Å². The summed E-state index contributed by atoms with van der Waals surface area (Å²) in [5.74, 6) is -9.84. The number of aliphatic hydroxyl groups excluding tert-OH is 6.